The second-order valence-corrected chi connectivity index (χ2v) is 7.43. The smallest absolute Gasteiger partial charge is 0.262 e. The molecule has 9 N–H and O–H groups in total. The van der Waals surface area contributed by atoms with E-state index >= 15 is 0 Å². The first-order valence-corrected chi connectivity index (χ1v) is 9.85. The molecular formula is C23H23N3O8. The maximum atomic E-state index is 12.4. The summed E-state index contributed by atoms with van der Waals surface area (Å²) in [7, 11) is 0. The number of carbonyl (C=O) groups is 2. The molecular weight excluding hydrogens is 446 g/mol. The highest BCUT2D eigenvalue weighted by atomic mass is 16.3. The Morgan fingerprint density at radius 2 is 1.38 bits per heavy atom. The quantitative estimate of drug-likeness (QED) is 0.160. The standard InChI is InChI=1S/C23H23N3O8/c1-11(2-3-14(22(25)33)4-12-6-16(27)20(31)17(28)7-12)26-23(34)15(10-24)5-13-8-18(29)21(32)19(30)9-13/h4-9,11,27-32H,2-3H2,1H3,(H2,25,33)(H,26,34)/b14-4-,15-5+. The Hall–Kier alpha value is -4.85. The highest BCUT2D eigenvalue weighted by Crippen LogP contribution is 2.37. The van der Waals surface area contributed by atoms with Crippen LogP contribution in [0.3, 0.4) is 0 Å². The molecule has 1 unspecified atom stereocenters. The van der Waals surface area contributed by atoms with Crippen LogP contribution in [0.4, 0.5) is 0 Å². The zero-order valence-electron chi connectivity index (χ0n) is 18.0. The maximum Gasteiger partial charge on any atom is 0.262 e. The van der Waals surface area contributed by atoms with Crippen molar-refractivity contribution in [1.82, 2.24) is 5.32 Å². The number of phenols is 6. The summed E-state index contributed by atoms with van der Waals surface area (Å²) in [5, 5.41) is 69.0. The van der Waals surface area contributed by atoms with E-state index in [0.29, 0.717) is 0 Å². The van der Waals surface area contributed by atoms with Crippen LogP contribution in [0.25, 0.3) is 12.2 Å². The molecule has 0 aliphatic heterocycles. The number of aromatic hydroxyl groups is 6. The van der Waals surface area contributed by atoms with E-state index in [9.17, 15) is 45.5 Å². The SMILES string of the molecule is CC(CC/C(=C/c1cc(O)c(O)c(O)c1)C(N)=O)NC(=O)/C(C#N)=C/c1cc(O)c(O)c(O)c1. The Kier molecular flexibility index (Phi) is 7.96. The molecule has 11 heteroatoms. The van der Waals surface area contributed by atoms with Gasteiger partial charge in [-0.2, -0.15) is 5.26 Å². The normalized spacial score (nSPS) is 12.6. The Morgan fingerprint density at radius 1 is 0.941 bits per heavy atom. The lowest BCUT2D eigenvalue weighted by Crippen LogP contribution is -2.33. The fraction of sp³-hybridized carbons (Fsp3) is 0.174. The summed E-state index contributed by atoms with van der Waals surface area (Å²) in [5.41, 5.74) is 5.49. The third-order valence-corrected chi connectivity index (χ3v) is 4.74. The number of amides is 2. The van der Waals surface area contributed by atoms with Crippen LogP contribution in [-0.4, -0.2) is 48.5 Å². The molecule has 0 saturated carbocycles. The van der Waals surface area contributed by atoms with Gasteiger partial charge in [-0.1, -0.05) is 0 Å². The number of phenolic OH excluding ortho intramolecular Hbond substituents is 6. The lowest BCUT2D eigenvalue weighted by atomic mass is 10.0. The first-order chi connectivity index (χ1) is 15.9. The molecule has 0 saturated heterocycles. The van der Waals surface area contributed by atoms with Crippen LogP contribution >= 0.6 is 0 Å². The largest absolute Gasteiger partial charge is 0.504 e. The van der Waals surface area contributed by atoms with Gasteiger partial charge in [-0.05, 0) is 67.3 Å². The van der Waals surface area contributed by atoms with E-state index in [-0.39, 0.29) is 35.1 Å². The first kappa shape index (κ1) is 25.4. The Balaban J connectivity index is 2.11. The third-order valence-electron chi connectivity index (χ3n) is 4.74. The summed E-state index contributed by atoms with van der Waals surface area (Å²) in [6.45, 7) is 1.63. The van der Waals surface area contributed by atoms with Crippen LogP contribution in [0.2, 0.25) is 0 Å². The molecule has 0 radical (unpaired) electrons. The van der Waals surface area contributed by atoms with Gasteiger partial charge in [0.2, 0.25) is 5.91 Å². The molecule has 11 nitrogen and oxygen atoms in total. The highest BCUT2D eigenvalue weighted by molar-refractivity contribution is 6.02. The molecule has 2 rings (SSSR count). The first-order valence-electron chi connectivity index (χ1n) is 9.85. The Bertz CT molecular complexity index is 1180. The van der Waals surface area contributed by atoms with E-state index in [1.165, 1.54) is 6.08 Å². The van der Waals surface area contributed by atoms with Crippen LogP contribution in [0.15, 0.2) is 35.4 Å². The molecule has 0 spiro atoms. The van der Waals surface area contributed by atoms with E-state index < -0.39 is 52.4 Å². The summed E-state index contributed by atoms with van der Waals surface area (Å²) in [4.78, 5) is 24.2. The number of carbonyl (C=O) groups excluding carboxylic acids is 2. The van der Waals surface area contributed by atoms with Gasteiger partial charge in [0, 0.05) is 11.6 Å². The van der Waals surface area contributed by atoms with Crippen molar-refractivity contribution in [1.29, 1.82) is 5.26 Å². The molecule has 178 valence electrons. The topological polar surface area (TPSA) is 217 Å². The van der Waals surface area contributed by atoms with Crippen molar-refractivity contribution in [3.8, 4) is 40.6 Å². The minimum atomic E-state index is -0.768. The lowest BCUT2D eigenvalue weighted by Gasteiger charge is -2.14. The highest BCUT2D eigenvalue weighted by Gasteiger charge is 2.16. The van der Waals surface area contributed by atoms with Gasteiger partial charge in [0.05, 0.1) is 0 Å². The second kappa shape index (κ2) is 10.6. The maximum absolute atomic E-state index is 12.4. The molecule has 0 bridgehead atoms. The van der Waals surface area contributed by atoms with Crippen molar-refractivity contribution in [2.45, 2.75) is 25.8 Å². The van der Waals surface area contributed by atoms with Gasteiger partial charge in [0.25, 0.3) is 5.91 Å². The second-order valence-electron chi connectivity index (χ2n) is 7.43. The fourth-order valence-electron chi connectivity index (χ4n) is 2.95. The van der Waals surface area contributed by atoms with Gasteiger partial charge in [-0.15, -0.1) is 0 Å². The number of hydrogen-bond donors (Lipinski definition) is 8. The van der Waals surface area contributed by atoms with Crippen molar-refractivity contribution >= 4 is 24.0 Å². The average molecular weight is 469 g/mol. The Labute approximate surface area is 193 Å². The summed E-state index contributed by atoms with van der Waals surface area (Å²) in [6, 6.07) is 5.58. The number of rotatable bonds is 8. The monoisotopic (exact) mass is 469 g/mol. The predicted octanol–water partition coefficient (Wildman–Crippen LogP) is 1.68. The summed E-state index contributed by atoms with van der Waals surface area (Å²) >= 11 is 0. The molecule has 2 amide bonds. The molecule has 0 aliphatic carbocycles. The average Bonchev–Trinajstić information content (AvgIpc) is 2.76. The van der Waals surface area contributed by atoms with E-state index in [4.69, 9.17) is 5.73 Å². The van der Waals surface area contributed by atoms with Gasteiger partial charge in [0.15, 0.2) is 34.5 Å². The fourth-order valence-corrected chi connectivity index (χ4v) is 2.95. The number of nitriles is 1. The van der Waals surface area contributed by atoms with Crippen molar-refractivity contribution in [3.63, 3.8) is 0 Å². The van der Waals surface area contributed by atoms with Gasteiger partial charge in [0.1, 0.15) is 11.6 Å². The minimum absolute atomic E-state index is 0.102. The zero-order chi connectivity index (χ0) is 25.6. The zero-order valence-corrected chi connectivity index (χ0v) is 18.0. The van der Waals surface area contributed by atoms with Crippen molar-refractivity contribution in [2.24, 2.45) is 5.73 Å². The van der Waals surface area contributed by atoms with Crippen molar-refractivity contribution in [3.05, 3.63) is 46.5 Å². The summed E-state index contributed by atoms with van der Waals surface area (Å²) in [6.07, 6.45) is 2.76. The molecule has 0 fully saturated rings. The number of primary amides is 1. The third kappa shape index (κ3) is 6.33. The minimum Gasteiger partial charge on any atom is -0.504 e. The van der Waals surface area contributed by atoms with Gasteiger partial charge < -0.3 is 41.7 Å². The van der Waals surface area contributed by atoms with Crippen LogP contribution in [0, 0.1) is 11.3 Å². The van der Waals surface area contributed by atoms with Gasteiger partial charge in [-0.3, -0.25) is 9.59 Å². The van der Waals surface area contributed by atoms with Crippen LogP contribution < -0.4 is 11.1 Å². The van der Waals surface area contributed by atoms with E-state index in [2.05, 4.69) is 5.32 Å². The van der Waals surface area contributed by atoms with Crippen molar-refractivity contribution < 1.29 is 40.2 Å². The number of hydrogen-bond acceptors (Lipinski definition) is 9. The Morgan fingerprint density at radius 3 is 1.79 bits per heavy atom. The van der Waals surface area contributed by atoms with Gasteiger partial charge in [-0.25, -0.2) is 0 Å². The number of benzene rings is 2. The molecule has 34 heavy (non-hydrogen) atoms. The van der Waals surface area contributed by atoms with E-state index in [1.54, 1.807) is 13.0 Å². The van der Waals surface area contributed by atoms with E-state index in [0.717, 1.165) is 30.3 Å². The van der Waals surface area contributed by atoms with Crippen molar-refractivity contribution in [2.75, 3.05) is 0 Å². The summed E-state index contributed by atoms with van der Waals surface area (Å²) < 4.78 is 0. The van der Waals surface area contributed by atoms with Crippen LogP contribution in [0.5, 0.6) is 34.5 Å². The van der Waals surface area contributed by atoms with Gasteiger partial charge >= 0.3 is 0 Å². The van der Waals surface area contributed by atoms with Crippen LogP contribution in [-0.2, 0) is 9.59 Å². The summed E-state index contributed by atoms with van der Waals surface area (Å²) in [5.74, 6) is -5.37. The predicted molar refractivity (Wildman–Crippen MR) is 120 cm³/mol. The van der Waals surface area contributed by atoms with Crippen LogP contribution in [0.1, 0.15) is 30.9 Å². The lowest BCUT2D eigenvalue weighted by molar-refractivity contribution is -0.117. The number of nitrogens with one attached hydrogen (secondary N) is 1. The number of nitrogens with two attached hydrogens (primary N) is 1. The molecule has 0 heterocycles. The molecule has 0 aromatic heterocycles. The van der Waals surface area contributed by atoms with E-state index in [1.807, 2.05) is 0 Å². The molecule has 2 aromatic rings. The molecule has 0 aliphatic rings. The molecule has 2 aromatic carbocycles. The molecule has 1 atom stereocenters. The number of nitrogens with zero attached hydrogens (tertiary/aromatic N) is 1.